The molecule has 3 rings (SSSR count). The van der Waals surface area contributed by atoms with Crippen molar-refractivity contribution in [2.75, 3.05) is 5.32 Å². The number of aromatic nitrogens is 2. The van der Waals surface area contributed by atoms with Crippen LogP contribution in [0.3, 0.4) is 0 Å². The minimum Gasteiger partial charge on any atom is -0.344 e. The number of hydrogen-bond donors (Lipinski definition) is 1. The number of rotatable bonds is 4. The van der Waals surface area contributed by atoms with Crippen molar-refractivity contribution in [3.05, 3.63) is 92.6 Å². The van der Waals surface area contributed by atoms with Gasteiger partial charge >= 0.3 is 0 Å². The van der Waals surface area contributed by atoms with Crippen LogP contribution in [-0.2, 0) is 6.54 Å². The summed E-state index contributed by atoms with van der Waals surface area (Å²) in [7, 11) is 0. The number of halogens is 1. The summed E-state index contributed by atoms with van der Waals surface area (Å²) in [5.74, 6) is -0.472. The molecule has 0 radical (unpaired) electrons. The normalized spacial score (nSPS) is 10.6. The monoisotopic (exact) mass is 367 g/mol. The van der Waals surface area contributed by atoms with Crippen molar-refractivity contribution in [2.24, 2.45) is 0 Å². The average molecular weight is 368 g/mol. The van der Waals surface area contributed by atoms with Gasteiger partial charge in [-0.1, -0.05) is 29.8 Å². The van der Waals surface area contributed by atoms with E-state index in [-0.39, 0.29) is 11.0 Å². The molecule has 6 heteroatoms. The summed E-state index contributed by atoms with van der Waals surface area (Å²) >= 11 is 6.09. The molecule has 0 unspecified atom stereocenters. The summed E-state index contributed by atoms with van der Waals surface area (Å²) in [6.07, 6.45) is 3.47. The number of carbonyl (C=O) groups excluding carboxylic acids is 1. The zero-order chi connectivity index (χ0) is 18.7. The molecule has 0 aliphatic heterocycles. The molecule has 0 bridgehead atoms. The van der Waals surface area contributed by atoms with Crippen molar-refractivity contribution >= 4 is 23.2 Å². The second-order valence-corrected chi connectivity index (χ2v) is 6.40. The first-order chi connectivity index (χ1) is 12.5. The van der Waals surface area contributed by atoms with Crippen LogP contribution in [0.2, 0.25) is 5.02 Å². The maximum atomic E-state index is 12.7. The average Bonchev–Trinajstić information content (AvgIpc) is 2.61. The largest absolute Gasteiger partial charge is 0.344 e. The van der Waals surface area contributed by atoms with Crippen LogP contribution in [0.25, 0.3) is 0 Å². The highest BCUT2D eigenvalue weighted by Crippen LogP contribution is 2.21. The number of amides is 1. The molecule has 0 saturated heterocycles. The Morgan fingerprint density at radius 2 is 1.96 bits per heavy atom. The number of para-hydroxylation sites is 1. The zero-order valence-electron chi connectivity index (χ0n) is 14.5. The van der Waals surface area contributed by atoms with Gasteiger partial charge in [0.1, 0.15) is 5.56 Å². The topological polar surface area (TPSA) is 64.0 Å². The predicted octanol–water partition coefficient (Wildman–Crippen LogP) is 3.81. The van der Waals surface area contributed by atoms with Gasteiger partial charge in [-0.2, -0.15) is 0 Å². The third-order valence-electron chi connectivity index (χ3n) is 4.19. The Morgan fingerprint density at radius 1 is 1.19 bits per heavy atom. The summed E-state index contributed by atoms with van der Waals surface area (Å²) in [6.45, 7) is 4.14. The van der Waals surface area contributed by atoms with Crippen molar-refractivity contribution in [3.8, 4) is 0 Å². The van der Waals surface area contributed by atoms with E-state index >= 15 is 0 Å². The van der Waals surface area contributed by atoms with Gasteiger partial charge in [0.25, 0.3) is 5.91 Å². The Labute approximate surface area is 156 Å². The van der Waals surface area contributed by atoms with E-state index in [9.17, 15) is 9.59 Å². The van der Waals surface area contributed by atoms with Gasteiger partial charge in [-0.3, -0.25) is 14.6 Å². The third-order valence-corrected chi connectivity index (χ3v) is 4.52. The number of nitrogens with one attached hydrogen (secondary N) is 1. The first-order valence-electron chi connectivity index (χ1n) is 8.13. The highest BCUT2D eigenvalue weighted by molar-refractivity contribution is 6.33. The van der Waals surface area contributed by atoms with Crippen molar-refractivity contribution in [1.29, 1.82) is 0 Å². The molecule has 132 valence electrons. The van der Waals surface area contributed by atoms with E-state index in [1.54, 1.807) is 43.6 Å². The van der Waals surface area contributed by atoms with Crippen molar-refractivity contribution in [1.82, 2.24) is 9.55 Å². The molecule has 0 aliphatic rings. The number of anilines is 1. The third kappa shape index (κ3) is 3.68. The summed E-state index contributed by atoms with van der Waals surface area (Å²) in [5, 5.41) is 3.14. The minimum absolute atomic E-state index is 0.111. The highest BCUT2D eigenvalue weighted by Gasteiger charge is 2.18. The van der Waals surface area contributed by atoms with Crippen LogP contribution in [0, 0.1) is 13.8 Å². The molecule has 1 aromatic carbocycles. The standard InChI is InChI=1S/C20H18ClN3O2/c1-13-10-18(25)19(20(26)23-17-8-4-3-7-16(17)21)14(2)24(13)12-15-6-5-9-22-11-15/h3-11H,12H2,1-2H3,(H,23,26). The predicted molar refractivity (Wildman–Crippen MR) is 103 cm³/mol. The van der Waals surface area contributed by atoms with E-state index < -0.39 is 5.91 Å². The lowest BCUT2D eigenvalue weighted by Crippen LogP contribution is -2.27. The molecule has 0 atom stereocenters. The fourth-order valence-electron chi connectivity index (χ4n) is 2.86. The van der Waals surface area contributed by atoms with Gasteiger partial charge in [0.2, 0.25) is 0 Å². The van der Waals surface area contributed by atoms with Gasteiger partial charge < -0.3 is 9.88 Å². The quantitative estimate of drug-likeness (QED) is 0.762. The number of hydrogen-bond acceptors (Lipinski definition) is 3. The van der Waals surface area contributed by atoms with E-state index in [1.807, 2.05) is 23.6 Å². The van der Waals surface area contributed by atoms with Crippen LogP contribution in [0.5, 0.6) is 0 Å². The molecule has 26 heavy (non-hydrogen) atoms. The number of nitrogens with zero attached hydrogens (tertiary/aromatic N) is 2. The van der Waals surface area contributed by atoms with Crippen molar-refractivity contribution < 1.29 is 4.79 Å². The highest BCUT2D eigenvalue weighted by atomic mass is 35.5. The lowest BCUT2D eigenvalue weighted by atomic mass is 10.1. The van der Waals surface area contributed by atoms with E-state index in [0.29, 0.717) is 22.9 Å². The number of benzene rings is 1. The minimum atomic E-state index is -0.472. The summed E-state index contributed by atoms with van der Waals surface area (Å²) in [4.78, 5) is 29.3. The van der Waals surface area contributed by atoms with Crippen LogP contribution in [0.15, 0.2) is 59.7 Å². The first kappa shape index (κ1) is 17.9. The van der Waals surface area contributed by atoms with Crippen LogP contribution >= 0.6 is 11.6 Å². The van der Waals surface area contributed by atoms with Gasteiger partial charge in [-0.25, -0.2) is 0 Å². The van der Waals surface area contributed by atoms with Gasteiger partial charge in [0.05, 0.1) is 10.7 Å². The Morgan fingerprint density at radius 3 is 2.65 bits per heavy atom. The fraction of sp³-hybridized carbons (Fsp3) is 0.150. The van der Waals surface area contributed by atoms with E-state index in [2.05, 4.69) is 10.3 Å². The Hall–Kier alpha value is -2.92. The van der Waals surface area contributed by atoms with Crippen LogP contribution in [-0.4, -0.2) is 15.5 Å². The van der Waals surface area contributed by atoms with E-state index in [0.717, 1.165) is 11.3 Å². The summed E-state index contributed by atoms with van der Waals surface area (Å²) in [6, 6.07) is 12.2. The molecule has 2 heterocycles. The van der Waals surface area contributed by atoms with Crippen LogP contribution < -0.4 is 10.7 Å². The molecule has 0 aliphatic carbocycles. The number of carbonyl (C=O) groups is 1. The van der Waals surface area contributed by atoms with Gasteiger partial charge in [-0.05, 0) is 37.6 Å². The number of pyridine rings is 2. The fourth-order valence-corrected chi connectivity index (χ4v) is 3.04. The van der Waals surface area contributed by atoms with Crippen molar-refractivity contribution in [2.45, 2.75) is 20.4 Å². The van der Waals surface area contributed by atoms with Gasteiger partial charge in [0.15, 0.2) is 5.43 Å². The Bertz CT molecular complexity index is 1010. The first-order valence-corrected chi connectivity index (χ1v) is 8.51. The van der Waals surface area contributed by atoms with Gasteiger partial charge in [0, 0.05) is 36.4 Å². The molecule has 1 amide bonds. The molecule has 5 nitrogen and oxygen atoms in total. The molecule has 0 fully saturated rings. The smallest absolute Gasteiger partial charge is 0.261 e. The lowest BCUT2D eigenvalue weighted by molar-refractivity contribution is 0.102. The maximum Gasteiger partial charge on any atom is 0.261 e. The van der Waals surface area contributed by atoms with E-state index in [4.69, 9.17) is 11.6 Å². The Balaban J connectivity index is 1.99. The molecular formula is C20H18ClN3O2. The molecule has 0 saturated carbocycles. The second kappa shape index (κ2) is 7.54. The SMILES string of the molecule is Cc1cc(=O)c(C(=O)Nc2ccccc2Cl)c(C)n1Cc1cccnc1. The van der Waals surface area contributed by atoms with E-state index in [1.165, 1.54) is 6.07 Å². The van der Waals surface area contributed by atoms with Crippen LogP contribution in [0.1, 0.15) is 27.3 Å². The Kier molecular flexibility index (Phi) is 5.19. The summed E-state index contributed by atoms with van der Waals surface area (Å²) < 4.78 is 1.93. The summed E-state index contributed by atoms with van der Waals surface area (Å²) in [5.41, 5.74) is 2.64. The van der Waals surface area contributed by atoms with Gasteiger partial charge in [-0.15, -0.1) is 0 Å². The number of aryl methyl sites for hydroxylation is 1. The van der Waals surface area contributed by atoms with Crippen LogP contribution in [0.4, 0.5) is 5.69 Å². The zero-order valence-corrected chi connectivity index (χ0v) is 15.2. The molecule has 0 spiro atoms. The molecule has 3 aromatic rings. The molecule has 1 N–H and O–H groups in total. The lowest BCUT2D eigenvalue weighted by Gasteiger charge is -2.17. The molecular weight excluding hydrogens is 350 g/mol. The second-order valence-electron chi connectivity index (χ2n) is 5.99. The van der Waals surface area contributed by atoms with Crippen molar-refractivity contribution in [3.63, 3.8) is 0 Å². The molecule has 2 aromatic heterocycles. The maximum absolute atomic E-state index is 12.7.